The number of esters is 1. The molecular weight excluding hydrogens is 237 g/mol. The van der Waals surface area contributed by atoms with E-state index in [0.29, 0.717) is 12.2 Å². The van der Waals surface area contributed by atoms with Gasteiger partial charge in [0, 0.05) is 6.42 Å². The minimum atomic E-state index is -0.511. The van der Waals surface area contributed by atoms with Crippen LogP contribution in [0.1, 0.15) is 28.7 Å². The Kier molecular flexibility index (Phi) is 3.72. The molecule has 0 saturated carbocycles. The van der Waals surface area contributed by atoms with Gasteiger partial charge in [0.25, 0.3) is 0 Å². The Bertz CT molecular complexity index is 533. The Labute approximate surface area is 103 Å². The van der Waals surface area contributed by atoms with Crippen molar-refractivity contribution in [2.45, 2.75) is 13.3 Å². The van der Waals surface area contributed by atoms with Crippen molar-refractivity contribution in [2.24, 2.45) is 0 Å². The third-order valence-electron chi connectivity index (χ3n) is 2.39. The molecule has 1 aromatic heterocycles. The first-order valence-electron chi connectivity index (χ1n) is 5.54. The summed E-state index contributed by atoms with van der Waals surface area (Å²) in [4.78, 5) is 15.4. The van der Waals surface area contributed by atoms with E-state index in [0.717, 1.165) is 5.56 Å². The Morgan fingerprint density at radius 1 is 1.39 bits per heavy atom. The summed E-state index contributed by atoms with van der Waals surface area (Å²) < 4.78 is 22.8. The average molecular weight is 249 g/mol. The van der Waals surface area contributed by atoms with Crippen molar-refractivity contribution < 1.29 is 18.3 Å². The van der Waals surface area contributed by atoms with Gasteiger partial charge in [-0.05, 0) is 24.6 Å². The molecule has 0 saturated heterocycles. The fourth-order valence-corrected chi connectivity index (χ4v) is 1.55. The highest BCUT2D eigenvalue weighted by molar-refractivity contribution is 5.88. The maximum atomic E-state index is 12.8. The van der Waals surface area contributed by atoms with Crippen LogP contribution in [-0.4, -0.2) is 17.6 Å². The van der Waals surface area contributed by atoms with E-state index < -0.39 is 5.97 Å². The van der Waals surface area contributed by atoms with Gasteiger partial charge in [-0.1, -0.05) is 12.1 Å². The fourth-order valence-electron chi connectivity index (χ4n) is 1.55. The molecule has 0 N–H and O–H groups in total. The van der Waals surface area contributed by atoms with Crippen LogP contribution in [0.25, 0.3) is 0 Å². The number of ether oxygens (including phenoxy) is 1. The highest BCUT2D eigenvalue weighted by Gasteiger charge is 2.17. The molecule has 2 rings (SSSR count). The van der Waals surface area contributed by atoms with E-state index in [1.54, 1.807) is 19.1 Å². The summed E-state index contributed by atoms with van der Waals surface area (Å²) in [6.07, 6.45) is 1.57. The number of carbonyl (C=O) groups is 1. The summed E-state index contributed by atoms with van der Waals surface area (Å²) in [6, 6.07) is 5.98. The fraction of sp³-hybridized carbons (Fsp3) is 0.231. The molecule has 0 bridgehead atoms. The van der Waals surface area contributed by atoms with E-state index in [2.05, 4.69) is 4.98 Å². The lowest BCUT2D eigenvalue weighted by atomic mass is 10.1. The lowest BCUT2D eigenvalue weighted by Crippen LogP contribution is -2.08. The first-order valence-corrected chi connectivity index (χ1v) is 5.54. The van der Waals surface area contributed by atoms with Crippen molar-refractivity contribution in [3.8, 4) is 0 Å². The molecule has 18 heavy (non-hydrogen) atoms. The van der Waals surface area contributed by atoms with Gasteiger partial charge >= 0.3 is 5.97 Å². The third-order valence-corrected chi connectivity index (χ3v) is 2.39. The highest BCUT2D eigenvalue weighted by atomic mass is 19.1. The molecule has 94 valence electrons. The normalized spacial score (nSPS) is 10.3. The van der Waals surface area contributed by atoms with Crippen LogP contribution in [0.4, 0.5) is 4.39 Å². The standard InChI is InChI=1S/C13H12FNO3/c1-2-17-13(16)12-11(18-8-15-12)7-9-3-5-10(14)6-4-9/h3-6,8H,2,7H2,1H3. The van der Waals surface area contributed by atoms with E-state index in [4.69, 9.17) is 9.15 Å². The lowest BCUT2D eigenvalue weighted by Gasteiger charge is -2.01. The van der Waals surface area contributed by atoms with E-state index in [1.165, 1.54) is 18.5 Å². The van der Waals surface area contributed by atoms with E-state index in [9.17, 15) is 9.18 Å². The number of benzene rings is 1. The second kappa shape index (κ2) is 5.44. The second-order valence-electron chi connectivity index (χ2n) is 3.65. The van der Waals surface area contributed by atoms with Gasteiger partial charge in [-0.2, -0.15) is 0 Å². The number of hydrogen-bond acceptors (Lipinski definition) is 4. The summed E-state index contributed by atoms with van der Waals surface area (Å²) in [5, 5.41) is 0. The number of aromatic nitrogens is 1. The van der Waals surface area contributed by atoms with Crippen LogP contribution in [0.5, 0.6) is 0 Å². The molecule has 2 aromatic rings. The molecule has 0 spiro atoms. The van der Waals surface area contributed by atoms with Gasteiger partial charge in [0.15, 0.2) is 12.1 Å². The second-order valence-corrected chi connectivity index (χ2v) is 3.65. The minimum absolute atomic E-state index is 0.168. The maximum Gasteiger partial charge on any atom is 0.360 e. The maximum absolute atomic E-state index is 12.8. The number of rotatable bonds is 4. The van der Waals surface area contributed by atoms with Gasteiger partial charge < -0.3 is 9.15 Å². The zero-order valence-electron chi connectivity index (χ0n) is 9.85. The van der Waals surface area contributed by atoms with Crippen molar-refractivity contribution in [2.75, 3.05) is 6.61 Å². The first kappa shape index (κ1) is 12.3. The molecule has 0 atom stereocenters. The van der Waals surface area contributed by atoms with Gasteiger partial charge in [-0.15, -0.1) is 0 Å². The summed E-state index contributed by atoms with van der Waals surface area (Å²) in [6.45, 7) is 2.00. The minimum Gasteiger partial charge on any atom is -0.461 e. The molecule has 0 aliphatic carbocycles. The Hall–Kier alpha value is -2.17. The smallest absolute Gasteiger partial charge is 0.360 e. The SMILES string of the molecule is CCOC(=O)c1ncoc1Cc1ccc(F)cc1. The monoisotopic (exact) mass is 249 g/mol. The predicted molar refractivity (Wildman–Crippen MR) is 61.7 cm³/mol. The molecule has 0 aliphatic heterocycles. The lowest BCUT2D eigenvalue weighted by molar-refractivity contribution is 0.0518. The number of halogens is 1. The zero-order chi connectivity index (χ0) is 13.0. The number of hydrogen-bond donors (Lipinski definition) is 0. The quantitative estimate of drug-likeness (QED) is 0.781. The van der Waals surface area contributed by atoms with Crippen molar-refractivity contribution in [1.29, 1.82) is 0 Å². The molecular formula is C13H12FNO3. The van der Waals surface area contributed by atoms with Gasteiger partial charge in [0.2, 0.25) is 0 Å². The largest absolute Gasteiger partial charge is 0.461 e. The van der Waals surface area contributed by atoms with Gasteiger partial charge in [-0.3, -0.25) is 0 Å². The molecule has 0 fully saturated rings. The van der Waals surface area contributed by atoms with Crippen molar-refractivity contribution in [3.63, 3.8) is 0 Å². The molecule has 1 aromatic carbocycles. The van der Waals surface area contributed by atoms with Gasteiger partial charge in [0.05, 0.1) is 6.61 Å². The van der Waals surface area contributed by atoms with Gasteiger partial charge in [0.1, 0.15) is 11.6 Å². The van der Waals surface area contributed by atoms with Crippen molar-refractivity contribution >= 4 is 5.97 Å². The molecule has 4 nitrogen and oxygen atoms in total. The molecule has 0 aliphatic rings. The average Bonchev–Trinajstić information content (AvgIpc) is 2.81. The Morgan fingerprint density at radius 2 is 2.11 bits per heavy atom. The van der Waals surface area contributed by atoms with Crippen LogP contribution in [0.2, 0.25) is 0 Å². The molecule has 5 heteroatoms. The number of nitrogens with zero attached hydrogens (tertiary/aromatic N) is 1. The number of oxazole rings is 1. The van der Waals surface area contributed by atoms with Crippen LogP contribution in [0, 0.1) is 5.82 Å². The van der Waals surface area contributed by atoms with E-state index in [-0.39, 0.29) is 18.1 Å². The molecule has 0 radical (unpaired) electrons. The Morgan fingerprint density at radius 3 is 2.78 bits per heavy atom. The summed E-state index contributed by atoms with van der Waals surface area (Å²) >= 11 is 0. The highest BCUT2D eigenvalue weighted by Crippen LogP contribution is 2.14. The van der Waals surface area contributed by atoms with Crippen LogP contribution in [0.15, 0.2) is 35.1 Å². The summed E-state index contributed by atoms with van der Waals surface area (Å²) in [7, 11) is 0. The topological polar surface area (TPSA) is 52.3 Å². The molecule has 0 amide bonds. The number of carbonyl (C=O) groups excluding carboxylic acids is 1. The molecule has 0 unspecified atom stereocenters. The van der Waals surface area contributed by atoms with Crippen molar-refractivity contribution in [3.05, 3.63) is 53.5 Å². The van der Waals surface area contributed by atoms with Gasteiger partial charge in [-0.25, -0.2) is 14.2 Å². The van der Waals surface area contributed by atoms with Crippen LogP contribution in [-0.2, 0) is 11.2 Å². The Balaban J connectivity index is 2.17. The summed E-state index contributed by atoms with van der Waals surface area (Å²) in [5.41, 5.74) is 1.000. The van der Waals surface area contributed by atoms with E-state index in [1.807, 2.05) is 0 Å². The van der Waals surface area contributed by atoms with Crippen LogP contribution < -0.4 is 0 Å². The zero-order valence-corrected chi connectivity index (χ0v) is 9.85. The van der Waals surface area contributed by atoms with Crippen LogP contribution >= 0.6 is 0 Å². The summed E-state index contributed by atoms with van der Waals surface area (Å²) in [5.74, 6) is -0.398. The van der Waals surface area contributed by atoms with Crippen molar-refractivity contribution in [1.82, 2.24) is 4.98 Å². The molecule has 1 heterocycles. The van der Waals surface area contributed by atoms with Crippen LogP contribution in [0.3, 0.4) is 0 Å². The predicted octanol–water partition coefficient (Wildman–Crippen LogP) is 2.58. The van der Waals surface area contributed by atoms with E-state index >= 15 is 0 Å². The third kappa shape index (κ3) is 2.74. The first-order chi connectivity index (χ1) is 8.70.